The maximum atomic E-state index is 10.6. The number of hydrogen-bond donors (Lipinski definition) is 8. The topological polar surface area (TPSA) is 298 Å². The van der Waals surface area contributed by atoms with Crippen molar-refractivity contribution in [2.24, 2.45) is 0 Å². The molecule has 0 spiro atoms. The molecule has 0 aromatic heterocycles. The molecule has 2 aromatic carbocycles. The van der Waals surface area contributed by atoms with Gasteiger partial charge in [-0.1, -0.05) is 0 Å². The smallest absolute Gasteiger partial charge is 0.336 e. The van der Waals surface area contributed by atoms with E-state index in [0.717, 1.165) is 36.4 Å². The van der Waals surface area contributed by atoms with Crippen LogP contribution in [0, 0.1) is 0 Å². The summed E-state index contributed by atoms with van der Waals surface area (Å²) in [5.74, 6) is -10.5. The summed E-state index contributed by atoms with van der Waals surface area (Å²) in [5.41, 5.74) is -2.35. The molecule has 16 heteroatoms. The number of aromatic carboxylic acids is 6. The maximum absolute atomic E-state index is 10.6. The Morgan fingerprint density at radius 1 is 0.395 bits per heavy atom. The van der Waals surface area contributed by atoms with E-state index in [0.29, 0.717) is 0 Å². The second kappa shape index (κ2) is 14.6. The minimum atomic E-state index is -1.48. The largest absolute Gasteiger partial charge is 0.481 e. The summed E-state index contributed by atoms with van der Waals surface area (Å²) in [4.78, 5) is 82.7. The van der Waals surface area contributed by atoms with E-state index in [1.54, 1.807) is 0 Å². The molecule has 16 nitrogen and oxygen atoms in total. The number of carboxylic acid groups (broad SMARTS) is 8. The molecular formula is C22H18O16. The van der Waals surface area contributed by atoms with Crippen LogP contribution >= 0.6 is 0 Å². The van der Waals surface area contributed by atoms with E-state index in [2.05, 4.69) is 0 Å². The van der Waals surface area contributed by atoms with Crippen LogP contribution < -0.4 is 0 Å². The number of carbonyl (C=O) groups is 8. The van der Waals surface area contributed by atoms with Gasteiger partial charge in [-0.15, -0.1) is 0 Å². The highest BCUT2D eigenvalue weighted by Crippen LogP contribution is 2.13. The zero-order valence-electron chi connectivity index (χ0n) is 18.7. The van der Waals surface area contributed by atoms with E-state index in [-0.39, 0.29) is 35.1 Å². The van der Waals surface area contributed by atoms with Crippen LogP contribution in [0.15, 0.2) is 36.4 Å². The highest BCUT2D eigenvalue weighted by atomic mass is 16.4. The SMILES string of the molecule is O=C(O)CCC(=O)O.O=C(O)c1cc(C(=O)O)cc(C(=O)O)c1.O=C(O)c1ccc(C(=O)O)c(C(=O)O)c1. The summed E-state index contributed by atoms with van der Waals surface area (Å²) in [5, 5.41) is 67.5. The fourth-order valence-electron chi connectivity index (χ4n) is 2.25. The monoisotopic (exact) mass is 538 g/mol. The standard InChI is InChI=1S/2C9H6O6.C4H6O4/c10-7(11)4-1-5(8(12)13)3-6(2-4)9(14)15;10-7(11)4-1-2-5(8(12)13)6(3-4)9(14)15;5-3(6)1-2-4(7)8/h2*1-3H,(H,10,11)(H,12,13)(H,14,15);1-2H2,(H,5,6)(H,7,8). The van der Waals surface area contributed by atoms with Crippen molar-refractivity contribution in [1.29, 1.82) is 0 Å². The Balaban J connectivity index is 0.000000569. The van der Waals surface area contributed by atoms with Crippen molar-refractivity contribution in [3.8, 4) is 0 Å². The zero-order chi connectivity index (χ0) is 29.7. The first kappa shape index (κ1) is 32.2. The molecule has 0 saturated heterocycles. The van der Waals surface area contributed by atoms with Crippen LogP contribution in [0.4, 0.5) is 0 Å². The molecule has 0 unspecified atom stereocenters. The molecule has 0 aliphatic carbocycles. The molecule has 0 radical (unpaired) electrons. The highest BCUT2D eigenvalue weighted by molar-refractivity contribution is 6.03. The Kier molecular flexibility index (Phi) is 12.3. The van der Waals surface area contributed by atoms with Crippen LogP contribution in [0.1, 0.15) is 75.0 Å². The molecule has 0 saturated carbocycles. The van der Waals surface area contributed by atoms with Crippen LogP contribution in [0.2, 0.25) is 0 Å². The normalized spacial score (nSPS) is 9.37. The molecule has 2 rings (SSSR count). The molecule has 0 atom stereocenters. The summed E-state index contributed by atoms with van der Waals surface area (Å²) in [6, 6.07) is 5.51. The molecule has 0 amide bonds. The minimum absolute atomic E-state index is 0.266. The number of hydrogen-bond acceptors (Lipinski definition) is 8. The van der Waals surface area contributed by atoms with Gasteiger partial charge in [0.05, 0.1) is 46.2 Å². The second-order valence-corrected chi connectivity index (χ2v) is 6.68. The third-order valence-electron chi connectivity index (χ3n) is 3.95. The van der Waals surface area contributed by atoms with Crippen LogP contribution in [0.5, 0.6) is 0 Å². The van der Waals surface area contributed by atoms with Crippen molar-refractivity contribution in [2.45, 2.75) is 12.8 Å². The van der Waals surface area contributed by atoms with Crippen LogP contribution in [0.3, 0.4) is 0 Å². The molecule has 38 heavy (non-hydrogen) atoms. The van der Waals surface area contributed by atoms with Gasteiger partial charge >= 0.3 is 47.8 Å². The summed E-state index contributed by atoms with van der Waals surface area (Å²) in [6.45, 7) is 0. The molecule has 0 bridgehead atoms. The average molecular weight is 538 g/mol. The van der Waals surface area contributed by atoms with E-state index in [1.165, 1.54) is 0 Å². The van der Waals surface area contributed by atoms with Crippen LogP contribution in [0.25, 0.3) is 0 Å². The second-order valence-electron chi connectivity index (χ2n) is 6.68. The zero-order valence-corrected chi connectivity index (χ0v) is 18.7. The van der Waals surface area contributed by atoms with E-state index >= 15 is 0 Å². The number of carboxylic acids is 8. The third kappa shape index (κ3) is 11.1. The van der Waals surface area contributed by atoms with Gasteiger partial charge in [0.1, 0.15) is 0 Å². The molecular weight excluding hydrogens is 520 g/mol. The molecule has 0 fully saturated rings. The van der Waals surface area contributed by atoms with Gasteiger partial charge < -0.3 is 40.9 Å². The lowest BCUT2D eigenvalue weighted by atomic mass is 10.0. The lowest BCUT2D eigenvalue weighted by Crippen LogP contribution is -2.10. The molecule has 0 aliphatic heterocycles. The fourth-order valence-corrected chi connectivity index (χ4v) is 2.25. The maximum Gasteiger partial charge on any atom is 0.336 e. The van der Waals surface area contributed by atoms with E-state index in [4.69, 9.17) is 40.9 Å². The Morgan fingerprint density at radius 2 is 0.711 bits per heavy atom. The van der Waals surface area contributed by atoms with Gasteiger partial charge in [0.25, 0.3) is 0 Å². The fraction of sp³-hybridized carbons (Fsp3) is 0.0909. The van der Waals surface area contributed by atoms with Gasteiger partial charge in [-0.05, 0) is 36.4 Å². The van der Waals surface area contributed by atoms with Crippen molar-refractivity contribution in [3.05, 3.63) is 69.8 Å². The predicted molar refractivity (Wildman–Crippen MR) is 119 cm³/mol. The van der Waals surface area contributed by atoms with E-state index in [1.807, 2.05) is 0 Å². The van der Waals surface area contributed by atoms with Crippen molar-refractivity contribution in [2.75, 3.05) is 0 Å². The number of benzene rings is 2. The summed E-state index contributed by atoms with van der Waals surface area (Å²) < 4.78 is 0. The predicted octanol–water partition coefficient (Wildman–Crippen LogP) is 1.50. The Labute approximate surface area is 210 Å². The van der Waals surface area contributed by atoms with Gasteiger partial charge in [-0.25, -0.2) is 28.8 Å². The number of rotatable bonds is 9. The summed E-state index contributed by atoms with van der Waals surface area (Å²) in [6.07, 6.45) is -0.593. The Morgan fingerprint density at radius 3 is 0.947 bits per heavy atom. The van der Waals surface area contributed by atoms with Crippen molar-refractivity contribution in [1.82, 2.24) is 0 Å². The Bertz CT molecular complexity index is 1200. The van der Waals surface area contributed by atoms with Gasteiger partial charge in [-0.3, -0.25) is 9.59 Å². The van der Waals surface area contributed by atoms with Crippen LogP contribution in [-0.4, -0.2) is 88.6 Å². The first-order valence-corrected chi connectivity index (χ1v) is 9.60. The molecule has 0 heterocycles. The van der Waals surface area contributed by atoms with E-state index in [9.17, 15) is 38.4 Å². The lowest BCUT2D eigenvalue weighted by Gasteiger charge is -2.02. The van der Waals surface area contributed by atoms with Crippen molar-refractivity contribution in [3.63, 3.8) is 0 Å². The summed E-state index contributed by atoms with van der Waals surface area (Å²) in [7, 11) is 0. The molecule has 2 aromatic rings. The average Bonchev–Trinajstić information content (AvgIpc) is 2.82. The van der Waals surface area contributed by atoms with Gasteiger partial charge in [0.15, 0.2) is 0 Å². The van der Waals surface area contributed by atoms with Crippen molar-refractivity contribution >= 4 is 47.8 Å². The molecule has 202 valence electrons. The lowest BCUT2D eigenvalue weighted by molar-refractivity contribution is -0.143. The Hall–Kier alpha value is -5.80. The minimum Gasteiger partial charge on any atom is -0.481 e. The number of aliphatic carboxylic acids is 2. The van der Waals surface area contributed by atoms with Gasteiger partial charge in [-0.2, -0.15) is 0 Å². The van der Waals surface area contributed by atoms with E-state index < -0.39 is 58.9 Å². The molecule has 0 aliphatic rings. The van der Waals surface area contributed by atoms with Gasteiger partial charge in [0.2, 0.25) is 0 Å². The first-order chi connectivity index (χ1) is 17.5. The highest BCUT2D eigenvalue weighted by Gasteiger charge is 2.18. The molecule has 8 N–H and O–H groups in total. The van der Waals surface area contributed by atoms with Crippen molar-refractivity contribution < 1.29 is 79.2 Å². The quantitative estimate of drug-likeness (QED) is 0.224. The third-order valence-corrected chi connectivity index (χ3v) is 3.95. The van der Waals surface area contributed by atoms with Gasteiger partial charge in [0, 0.05) is 0 Å². The van der Waals surface area contributed by atoms with Crippen LogP contribution in [-0.2, 0) is 9.59 Å². The summed E-state index contributed by atoms with van der Waals surface area (Å²) >= 11 is 0. The first-order valence-electron chi connectivity index (χ1n) is 9.60.